The van der Waals surface area contributed by atoms with Crippen molar-refractivity contribution in [2.24, 2.45) is 0 Å². The highest BCUT2D eigenvalue weighted by atomic mass is 32.2. The lowest BCUT2D eigenvalue weighted by Gasteiger charge is -2.38. The van der Waals surface area contributed by atoms with Gasteiger partial charge in [-0.25, -0.2) is 0 Å². The molecule has 1 aliphatic heterocycles. The monoisotopic (exact) mass is 302 g/mol. The Morgan fingerprint density at radius 3 is 2.26 bits per heavy atom. The van der Waals surface area contributed by atoms with E-state index in [0.717, 1.165) is 0 Å². The van der Waals surface area contributed by atoms with Gasteiger partial charge < -0.3 is 29.9 Å². The average molecular weight is 302 g/mol. The number of rotatable bonds is 6. The summed E-state index contributed by atoms with van der Waals surface area (Å²) in [6.07, 6.45) is -7.22. The van der Waals surface area contributed by atoms with Crippen LogP contribution in [0.25, 0.3) is 0 Å². The molecule has 9 nitrogen and oxygen atoms in total. The van der Waals surface area contributed by atoms with Gasteiger partial charge in [0.05, 0.1) is 12.4 Å². The fourth-order valence-electron chi connectivity index (χ4n) is 1.61. The molecule has 0 aromatic heterocycles. The van der Waals surface area contributed by atoms with E-state index < -0.39 is 46.6 Å². The van der Waals surface area contributed by atoms with Gasteiger partial charge in [-0.3, -0.25) is 4.55 Å². The molecular formula is C9H18O9S. The molecule has 0 bridgehead atoms. The molecule has 0 aromatic rings. The van der Waals surface area contributed by atoms with Crippen molar-refractivity contribution in [3.8, 4) is 0 Å². The van der Waals surface area contributed by atoms with Crippen LogP contribution in [-0.4, -0.2) is 83.1 Å². The lowest BCUT2D eigenvalue weighted by molar-refractivity contribution is -0.288. The van der Waals surface area contributed by atoms with Gasteiger partial charge in [0.2, 0.25) is 0 Å². The Bertz CT molecular complexity index is 370. The van der Waals surface area contributed by atoms with Crippen LogP contribution < -0.4 is 0 Å². The first-order valence-electron chi connectivity index (χ1n) is 5.63. The number of aliphatic hydroxyl groups excluding tert-OH is 4. The van der Waals surface area contributed by atoms with Crippen molar-refractivity contribution < 1.29 is 42.9 Å². The molecule has 0 aliphatic carbocycles. The highest BCUT2D eigenvalue weighted by Crippen LogP contribution is 2.19. The Morgan fingerprint density at radius 2 is 1.68 bits per heavy atom. The van der Waals surface area contributed by atoms with Gasteiger partial charge in [0, 0.05) is 6.61 Å². The first-order chi connectivity index (χ1) is 8.72. The van der Waals surface area contributed by atoms with Gasteiger partial charge in [-0.2, -0.15) is 8.42 Å². The fourth-order valence-corrected chi connectivity index (χ4v) is 2.09. The Labute approximate surface area is 110 Å². The minimum atomic E-state index is -4.04. The number of hydrogen-bond acceptors (Lipinski definition) is 8. The average Bonchev–Trinajstić information content (AvgIpc) is 2.31. The van der Waals surface area contributed by atoms with Crippen LogP contribution in [0.1, 0.15) is 6.42 Å². The van der Waals surface area contributed by atoms with E-state index in [-0.39, 0.29) is 19.6 Å². The van der Waals surface area contributed by atoms with Crippen LogP contribution in [0.4, 0.5) is 0 Å². The van der Waals surface area contributed by atoms with Crippen LogP contribution in [0.15, 0.2) is 0 Å². The maximum atomic E-state index is 10.4. The Balaban J connectivity index is 2.29. The first kappa shape index (κ1) is 16.7. The molecular weight excluding hydrogens is 284 g/mol. The molecule has 5 N–H and O–H groups in total. The van der Waals surface area contributed by atoms with E-state index in [1.807, 2.05) is 0 Å². The second-order valence-corrected chi connectivity index (χ2v) is 5.82. The van der Waals surface area contributed by atoms with Crippen molar-refractivity contribution in [1.82, 2.24) is 0 Å². The van der Waals surface area contributed by atoms with Crippen LogP contribution in [-0.2, 0) is 19.6 Å². The van der Waals surface area contributed by atoms with Gasteiger partial charge >= 0.3 is 0 Å². The zero-order valence-corrected chi connectivity index (χ0v) is 10.8. The lowest BCUT2D eigenvalue weighted by Crippen LogP contribution is -2.58. The van der Waals surface area contributed by atoms with E-state index in [2.05, 4.69) is 0 Å². The van der Waals surface area contributed by atoms with Crippen LogP contribution in [0.3, 0.4) is 0 Å². The Morgan fingerprint density at radius 1 is 1.05 bits per heavy atom. The summed E-state index contributed by atoms with van der Waals surface area (Å²) >= 11 is 0. The predicted octanol–water partition coefficient (Wildman–Crippen LogP) is -2.92. The molecule has 1 rings (SSSR count). The molecule has 1 fully saturated rings. The Kier molecular flexibility index (Phi) is 6.08. The van der Waals surface area contributed by atoms with Crippen molar-refractivity contribution in [1.29, 1.82) is 0 Å². The largest absolute Gasteiger partial charge is 0.387 e. The summed E-state index contributed by atoms with van der Waals surface area (Å²) in [7, 11) is -4.04. The van der Waals surface area contributed by atoms with Crippen molar-refractivity contribution >= 4 is 10.1 Å². The van der Waals surface area contributed by atoms with E-state index >= 15 is 0 Å². The molecule has 0 saturated carbocycles. The van der Waals surface area contributed by atoms with Crippen LogP contribution >= 0.6 is 0 Å². The second kappa shape index (κ2) is 6.90. The molecule has 0 unspecified atom stereocenters. The molecule has 1 saturated heterocycles. The number of ether oxygens (including phenoxy) is 2. The summed E-state index contributed by atoms with van der Waals surface area (Å²) in [5, 5.41) is 37.4. The molecule has 0 radical (unpaired) electrons. The lowest BCUT2D eigenvalue weighted by atomic mass is 9.99. The van der Waals surface area contributed by atoms with Crippen molar-refractivity contribution in [3.05, 3.63) is 0 Å². The van der Waals surface area contributed by atoms with Gasteiger partial charge in [0.1, 0.15) is 24.4 Å². The van der Waals surface area contributed by atoms with Crippen molar-refractivity contribution in [2.75, 3.05) is 19.0 Å². The summed E-state index contributed by atoms with van der Waals surface area (Å²) < 4.78 is 39.1. The van der Waals surface area contributed by atoms with Crippen LogP contribution in [0.5, 0.6) is 0 Å². The van der Waals surface area contributed by atoms with Gasteiger partial charge in [0.15, 0.2) is 6.29 Å². The summed E-state index contributed by atoms with van der Waals surface area (Å²) in [6, 6.07) is 0. The van der Waals surface area contributed by atoms with E-state index in [1.54, 1.807) is 0 Å². The predicted molar refractivity (Wildman–Crippen MR) is 60.8 cm³/mol. The third kappa shape index (κ3) is 5.28. The van der Waals surface area contributed by atoms with E-state index in [4.69, 9.17) is 14.0 Å². The molecule has 114 valence electrons. The van der Waals surface area contributed by atoms with E-state index in [9.17, 15) is 28.8 Å². The maximum absolute atomic E-state index is 10.4. The van der Waals surface area contributed by atoms with E-state index in [1.165, 1.54) is 0 Å². The quantitative estimate of drug-likeness (QED) is 0.256. The van der Waals surface area contributed by atoms with Crippen molar-refractivity contribution in [3.63, 3.8) is 0 Å². The third-order valence-electron chi connectivity index (χ3n) is 2.66. The molecule has 1 heterocycles. The third-order valence-corrected chi connectivity index (χ3v) is 3.46. The fraction of sp³-hybridized carbons (Fsp3) is 1.00. The molecule has 1 aliphatic rings. The minimum absolute atomic E-state index is 0.0128. The highest BCUT2D eigenvalue weighted by Gasteiger charge is 2.42. The smallest absolute Gasteiger partial charge is 0.264 e. The van der Waals surface area contributed by atoms with Crippen LogP contribution in [0, 0.1) is 0 Å². The molecule has 19 heavy (non-hydrogen) atoms. The van der Waals surface area contributed by atoms with Gasteiger partial charge in [-0.1, -0.05) is 0 Å². The molecule has 0 amide bonds. The zero-order valence-electron chi connectivity index (χ0n) is 9.99. The van der Waals surface area contributed by atoms with Gasteiger partial charge in [0.25, 0.3) is 10.1 Å². The topological polar surface area (TPSA) is 154 Å². The molecule has 10 heteroatoms. The minimum Gasteiger partial charge on any atom is -0.387 e. The zero-order chi connectivity index (χ0) is 14.6. The Hall–Kier alpha value is -0.330. The first-order valence-corrected chi connectivity index (χ1v) is 7.24. The summed E-state index contributed by atoms with van der Waals surface area (Å²) in [5.41, 5.74) is 0. The van der Waals surface area contributed by atoms with Crippen molar-refractivity contribution in [2.45, 2.75) is 37.1 Å². The number of aliphatic hydroxyl groups is 4. The van der Waals surface area contributed by atoms with Crippen LogP contribution in [0.2, 0.25) is 0 Å². The second-order valence-electron chi connectivity index (χ2n) is 4.25. The summed E-state index contributed by atoms with van der Waals surface area (Å²) in [4.78, 5) is 0. The molecule has 0 aromatic carbocycles. The standard InChI is InChI=1S/C9H18O9S/c10-6-5(18-9(13)8(12)7(6)11)4-17-2-1-3-19(14,15)16/h5-13H,1-4H2,(H,14,15,16)/t5-,6-,7+,8-,9-/m1/s1. The maximum Gasteiger partial charge on any atom is 0.264 e. The normalized spacial score (nSPS) is 36.4. The molecule has 5 atom stereocenters. The van der Waals surface area contributed by atoms with Gasteiger partial charge in [-0.15, -0.1) is 0 Å². The van der Waals surface area contributed by atoms with E-state index in [0.29, 0.717) is 0 Å². The summed E-state index contributed by atoms with van der Waals surface area (Å²) in [5.74, 6) is -0.453. The highest BCUT2D eigenvalue weighted by molar-refractivity contribution is 7.85. The summed E-state index contributed by atoms with van der Waals surface area (Å²) in [6.45, 7) is -0.214. The number of hydrogen-bond donors (Lipinski definition) is 5. The van der Waals surface area contributed by atoms with Gasteiger partial charge in [-0.05, 0) is 6.42 Å². The SMILES string of the molecule is O=S(=O)(O)CCCOC[C@H]1O[C@@H](O)[C@H](O)[C@@H](O)[C@@H]1O. The molecule has 0 spiro atoms.